The molecule has 1 heterocycles. The molecule has 0 aliphatic rings. The van der Waals surface area contributed by atoms with E-state index in [0.717, 1.165) is 5.39 Å². The molecule has 25 heavy (non-hydrogen) atoms. The number of amides is 1. The Hall–Kier alpha value is -3.28. The third-order valence-electron chi connectivity index (χ3n) is 3.88. The highest BCUT2D eigenvalue weighted by Crippen LogP contribution is 2.28. The van der Waals surface area contributed by atoms with Crippen molar-refractivity contribution >= 4 is 22.4 Å². The molecule has 0 unspecified atom stereocenters. The molecule has 0 atom stereocenters. The molecule has 0 saturated carbocycles. The highest BCUT2D eigenvalue weighted by atomic mass is 16.5. The van der Waals surface area contributed by atoms with Gasteiger partial charge in [-0.05, 0) is 29.7 Å². The third-order valence-corrected chi connectivity index (χ3v) is 3.88. The van der Waals surface area contributed by atoms with E-state index in [0.29, 0.717) is 22.6 Å². The molecular formula is C19H18N2O4. The smallest absolute Gasteiger partial charge is 0.258 e. The van der Waals surface area contributed by atoms with Crippen LogP contribution in [0.15, 0.2) is 59.5 Å². The molecular weight excluding hydrogens is 320 g/mol. The maximum Gasteiger partial charge on any atom is 0.258 e. The number of hydrogen-bond acceptors (Lipinski definition) is 4. The fourth-order valence-corrected chi connectivity index (χ4v) is 2.61. The van der Waals surface area contributed by atoms with Gasteiger partial charge in [0.05, 0.1) is 19.9 Å². The van der Waals surface area contributed by atoms with E-state index in [-0.39, 0.29) is 18.0 Å². The van der Waals surface area contributed by atoms with Crippen molar-refractivity contribution in [3.63, 3.8) is 0 Å². The molecule has 6 heteroatoms. The zero-order valence-corrected chi connectivity index (χ0v) is 14.0. The van der Waals surface area contributed by atoms with Crippen molar-refractivity contribution < 1.29 is 14.3 Å². The molecule has 1 aromatic heterocycles. The molecule has 0 saturated heterocycles. The second-order valence-electron chi connectivity index (χ2n) is 5.45. The van der Waals surface area contributed by atoms with E-state index in [4.69, 9.17) is 9.47 Å². The quantitative estimate of drug-likeness (QED) is 0.776. The monoisotopic (exact) mass is 338 g/mol. The standard InChI is InChI=1S/C19H18N2O4/c1-24-14-7-8-17(25-2)16(11-14)20-18(22)12-21-10-9-13-5-3-4-6-15(13)19(21)23/h3-11H,12H2,1-2H3,(H,20,22). The van der Waals surface area contributed by atoms with Gasteiger partial charge >= 0.3 is 0 Å². The molecule has 0 bridgehead atoms. The normalized spacial score (nSPS) is 10.5. The Labute approximate surface area is 144 Å². The van der Waals surface area contributed by atoms with Crippen LogP contribution in [0.25, 0.3) is 10.8 Å². The molecule has 6 nitrogen and oxygen atoms in total. The number of ether oxygens (including phenoxy) is 2. The van der Waals surface area contributed by atoms with Gasteiger partial charge in [0.25, 0.3) is 5.56 Å². The first kappa shape index (κ1) is 16.6. The van der Waals surface area contributed by atoms with E-state index in [9.17, 15) is 9.59 Å². The second kappa shape index (κ2) is 7.09. The van der Waals surface area contributed by atoms with E-state index in [2.05, 4.69) is 5.32 Å². The molecule has 1 N–H and O–H groups in total. The van der Waals surface area contributed by atoms with Crippen molar-refractivity contribution in [2.75, 3.05) is 19.5 Å². The lowest BCUT2D eigenvalue weighted by atomic mass is 10.2. The van der Waals surface area contributed by atoms with Gasteiger partial charge in [-0.1, -0.05) is 18.2 Å². The average Bonchev–Trinajstić information content (AvgIpc) is 2.64. The van der Waals surface area contributed by atoms with E-state index >= 15 is 0 Å². The van der Waals surface area contributed by atoms with Gasteiger partial charge in [-0.15, -0.1) is 0 Å². The third kappa shape index (κ3) is 3.47. The summed E-state index contributed by atoms with van der Waals surface area (Å²) in [6.45, 7) is -0.0932. The van der Waals surface area contributed by atoms with Crippen LogP contribution in [0, 0.1) is 0 Å². The number of nitrogens with one attached hydrogen (secondary N) is 1. The highest BCUT2D eigenvalue weighted by Gasteiger charge is 2.11. The van der Waals surface area contributed by atoms with Crippen LogP contribution in [0.4, 0.5) is 5.69 Å². The van der Waals surface area contributed by atoms with Gasteiger partial charge in [0.15, 0.2) is 0 Å². The first-order valence-electron chi connectivity index (χ1n) is 7.72. The molecule has 128 valence electrons. The van der Waals surface area contributed by atoms with Gasteiger partial charge in [-0.25, -0.2) is 0 Å². The Kier molecular flexibility index (Phi) is 4.70. The lowest BCUT2D eigenvalue weighted by Crippen LogP contribution is -2.27. The van der Waals surface area contributed by atoms with Gasteiger partial charge in [0.1, 0.15) is 18.0 Å². The van der Waals surface area contributed by atoms with Gasteiger partial charge in [0.2, 0.25) is 5.91 Å². The summed E-state index contributed by atoms with van der Waals surface area (Å²) < 4.78 is 11.8. The lowest BCUT2D eigenvalue weighted by Gasteiger charge is -2.12. The van der Waals surface area contributed by atoms with Crippen molar-refractivity contribution in [1.29, 1.82) is 0 Å². The SMILES string of the molecule is COc1ccc(OC)c(NC(=O)Cn2ccc3ccccc3c2=O)c1. The van der Waals surface area contributed by atoms with E-state index in [1.165, 1.54) is 11.7 Å². The Morgan fingerprint density at radius 1 is 1.08 bits per heavy atom. The highest BCUT2D eigenvalue weighted by molar-refractivity contribution is 5.92. The summed E-state index contributed by atoms with van der Waals surface area (Å²) in [5.41, 5.74) is 0.284. The summed E-state index contributed by atoms with van der Waals surface area (Å²) >= 11 is 0. The average molecular weight is 338 g/mol. The minimum absolute atomic E-state index is 0.0932. The van der Waals surface area contributed by atoms with Crippen LogP contribution in [-0.4, -0.2) is 24.7 Å². The number of carbonyl (C=O) groups is 1. The number of aromatic nitrogens is 1. The van der Waals surface area contributed by atoms with Gasteiger partial charge < -0.3 is 19.4 Å². The van der Waals surface area contributed by atoms with Crippen LogP contribution in [0.3, 0.4) is 0 Å². The predicted octanol–water partition coefficient (Wildman–Crippen LogP) is 2.66. The molecule has 1 amide bonds. The first-order chi connectivity index (χ1) is 12.1. The van der Waals surface area contributed by atoms with Crippen LogP contribution in [0.2, 0.25) is 0 Å². The maximum atomic E-state index is 12.5. The van der Waals surface area contributed by atoms with E-state index in [1.807, 2.05) is 18.2 Å². The zero-order chi connectivity index (χ0) is 17.8. The maximum absolute atomic E-state index is 12.5. The summed E-state index contributed by atoms with van der Waals surface area (Å²) in [5, 5.41) is 4.18. The fourth-order valence-electron chi connectivity index (χ4n) is 2.61. The molecule has 0 fully saturated rings. The number of fused-ring (bicyclic) bond motifs is 1. The molecule has 0 radical (unpaired) electrons. The van der Waals surface area contributed by atoms with Crippen LogP contribution >= 0.6 is 0 Å². The summed E-state index contributed by atoms with van der Waals surface area (Å²) in [4.78, 5) is 24.8. The van der Waals surface area contributed by atoms with Crippen LogP contribution < -0.4 is 20.3 Å². The van der Waals surface area contributed by atoms with Gasteiger partial charge in [-0.3, -0.25) is 9.59 Å². The van der Waals surface area contributed by atoms with E-state index in [1.54, 1.807) is 43.6 Å². The van der Waals surface area contributed by atoms with Crippen molar-refractivity contribution in [3.8, 4) is 11.5 Å². The Morgan fingerprint density at radius 2 is 1.88 bits per heavy atom. The van der Waals surface area contributed by atoms with Crippen molar-refractivity contribution in [2.24, 2.45) is 0 Å². The predicted molar refractivity (Wildman–Crippen MR) is 96.4 cm³/mol. The minimum Gasteiger partial charge on any atom is -0.497 e. The van der Waals surface area contributed by atoms with Crippen LogP contribution in [0.1, 0.15) is 0 Å². The summed E-state index contributed by atoms with van der Waals surface area (Å²) in [6, 6.07) is 14.2. The Balaban J connectivity index is 1.84. The van der Waals surface area contributed by atoms with E-state index < -0.39 is 0 Å². The lowest BCUT2D eigenvalue weighted by molar-refractivity contribution is -0.116. The number of nitrogens with zero attached hydrogens (tertiary/aromatic N) is 1. The second-order valence-corrected chi connectivity index (χ2v) is 5.45. The van der Waals surface area contributed by atoms with Crippen molar-refractivity contribution in [1.82, 2.24) is 4.57 Å². The Morgan fingerprint density at radius 3 is 2.64 bits per heavy atom. The number of methoxy groups -OCH3 is 2. The molecule has 0 aliphatic heterocycles. The number of pyridine rings is 1. The van der Waals surface area contributed by atoms with Gasteiger partial charge in [-0.2, -0.15) is 0 Å². The number of benzene rings is 2. The molecule has 3 aromatic rings. The largest absolute Gasteiger partial charge is 0.497 e. The van der Waals surface area contributed by atoms with Gasteiger partial charge in [0, 0.05) is 17.6 Å². The number of anilines is 1. The zero-order valence-electron chi connectivity index (χ0n) is 14.0. The van der Waals surface area contributed by atoms with Crippen LogP contribution in [0.5, 0.6) is 11.5 Å². The van der Waals surface area contributed by atoms with Crippen LogP contribution in [-0.2, 0) is 11.3 Å². The summed E-state index contributed by atoms with van der Waals surface area (Å²) in [7, 11) is 3.06. The van der Waals surface area contributed by atoms with Crippen molar-refractivity contribution in [3.05, 3.63) is 65.1 Å². The summed E-state index contributed by atoms with van der Waals surface area (Å²) in [5.74, 6) is 0.780. The Bertz CT molecular complexity index is 979. The number of rotatable bonds is 5. The molecule has 2 aromatic carbocycles. The summed E-state index contributed by atoms with van der Waals surface area (Å²) in [6.07, 6.45) is 1.62. The molecule has 3 rings (SSSR count). The first-order valence-corrected chi connectivity index (χ1v) is 7.72. The van der Waals surface area contributed by atoms with Crippen molar-refractivity contribution in [2.45, 2.75) is 6.54 Å². The number of hydrogen-bond donors (Lipinski definition) is 1. The fraction of sp³-hybridized carbons (Fsp3) is 0.158. The topological polar surface area (TPSA) is 69.6 Å². The molecule has 0 spiro atoms. The number of carbonyl (C=O) groups excluding carboxylic acids is 1. The molecule has 0 aliphatic carbocycles. The minimum atomic E-state index is -0.330.